The van der Waals surface area contributed by atoms with E-state index >= 15 is 0 Å². The van der Waals surface area contributed by atoms with E-state index in [0.29, 0.717) is 19.7 Å². The lowest BCUT2D eigenvalue weighted by Gasteiger charge is -2.21. The van der Waals surface area contributed by atoms with Crippen molar-refractivity contribution in [3.8, 4) is 0 Å². The normalized spacial score (nSPS) is 13.3. The minimum Gasteiger partial charge on any atom is -0.389 e. The van der Waals surface area contributed by atoms with Crippen LogP contribution in [0.5, 0.6) is 0 Å². The summed E-state index contributed by atoms with van der Waals surface area (Å²) >= 11 is 0. The van der Waals surface area contributed by atoms with E-state index in [2.05, 4.69) is 0 Å². The lowest BCUT2D eigenvalue weighted by molar-refractivity contribution is -0.00635. The molecule has 18 heavy (non-hydrogen) atoms. The minimum atomic E-state index is -0.522. The van der Waals surface area contributed by atoms with Gasteiger partial charge in [-0.25, -0.2) is 4.39 Å². The molecule has 102 valence electrons. The Morgan fingerprint density at radius 2 is 2.11 bits per heavy atom. The summed E-state index contributed by atoms with van der Waals surface area (Å²) in [7, 11) is 1.89. The Kier molecular flexibility index (Phi) is 6.25. The van der Waals surface area contributed by atoms with Crippen LogP contribution in [0.25, 0.3) is 0 Å². The summed E-state index contributed by atoms with van der Waals surface area (Å²) in [6.07, 6.45) is -0.404. The lowest BCUT2D eigenvalue weighted by Crippen LogP contribution is -2.32. The van der Waals surface area contributed by atoms with Crippen molar-refractivity contribution >= 4 is 0 Å². The number of hydrogen-bond acceptors (Lipinski definition) is 3. The summed E-state index contributed by atoms with van der Waals surface area (Å²) in [5.41, 5.74) is 0.898. The fourth-order valence-electron chi connectivity index (χ4n) is 1.73. The molecule has 0 aromatic heterocycles. The lowest BCUT2D eigenvalue weighted by atomic mass is 10.2. The van der Waals surface area contributed by atoms with Crippen LogP contribution in [-0.2, 0) is 11.3 Å². The fourth-order valence-corrected chi connectivity index (χ4v) is 1.73. The molecular formula is C14H22FNO2. The second-order valence-corrected chi connectivity index (χ2v) is 4.86. The first kappa shape index (κ1) is 15.1. The van der Waals surface area contributed by atoms with Crippen LogP contribution in [0.2, 0.25) is 0 Å². The Labute approximate surface area is 108 Å². The van der Waals surface area contributed by atoms with E-state index in [4.69, 9.17) is 4.74 Å². The quantitative estimate of drug-likeness (QED) is 0.809. The molecule has 0 spiro atoms. The molecule has 0 fully saturated rings. The van der Waals surface area contributed by atoms with Crippen molar-refractivity contribution in [3.63, 3.8) is 0 Å². The highest BCUT2D eigenvalue weighted by atomic mass is 19.1. The van der Waals surface area contributed by atoms with Crippen LogP contribution in [0.1, 0.15) is 19.4 Å². The molecule has 1 aromatic carbocycles. The SMILES string of the molecule is CC(C)OC[C@@H](O)CN(C)Cc1cccc(F)c1. The third kappa shape index (κ3) is 6.10. The van der Waals surface area contributed by atoms with Gasteiger partial charge in [-0.05, 0) is 38.6 Å². The average molecular weight is 255 g/mol. The topological polar surface area (TPSA) is 32.7 Å². The van der Waals surface area contributed by atoms with Crippen molar-refractivity contribution in [3.05, 3.63) is 35.6 Å². The first-order valence-electron chi connectivity index (χ1n) is 6.20. The summed E-state index contributed by atoms with van der Waals surface area (Å²) in [5, 5.41) is 9.76. The van der Waals surface area contributed by atoms with Gasteiger partial charge in [0, 0.05) is 13.1 Å². The van der Waals surface area contributed by atoms with E-state index in [9.17, 15) is 9.50 Å². The first-order valence-corrected chi connectivity index (χ1v) is 6.20. The van der Waals surface area contributed by atoms with Crippen molar-refractivity contribution in [2.75, 3.05) is 20.2 Å². The molecular weight excluding hydrogens is 233 g/mol. The van der Waals surface area contributed by atoms with Gasteiger partial charge in [0.2, 0.25) is 0 Å². The number of ether oxygens (including phenoxy) is 1. The van der Waals surface area contributed by atoms with E-state index < -0.39 is 6.10 Å². The molecule has 0 amide bonds. The summed E-state index contributed by atoms with van der Waals surface area (Å²) in [5.74, 6) is -0.232. The van der Waals surface area contributed by atoms with Crippen LogP contribution in [0.3, 0.4) is 0 Å². The van der Waals surface area contributed by atoms with Crippen molar-refractivity contribution in [2.24, 2.45) is 0 Å². The molecule has 3 nitrogen and oxygen atoms in total. The zero-order valence-corrected chi connectivity index (χ0v) is 11.3. The zero-order valence-electron chi connectivity index (χ0n) is 11.3. The van der Waals surface area contributed by atoms with Crippen LogP contribution in [0, 0.1) is 5.82 Å². The Morgan fingerprint density at radius 3 is 2.72 bits per heavy atom. The number of likely N-dealkylation sites (N-methyl/N-ethyl adjacent to an activating group) is 1. The molecule has 0 radical (unpaired) electrons. The van der Waals surface area contributed by atoms with Gasteiger partial charge in [0.15, 0.2) is 0 Å². The van der Waals surface area contributed by atoms with Gasteiger partial charge >= 0.3 is 0 Å². The smallest absolute Gasteiger partial charge is 0.123 e. The van der Waals surface area contributed by atoms with E-state index in [1.54, 1.807) is 6.07 Å². The number of hydrogen-bond donors (Lipinski definition) is 1. The Bertz CT molecular complexity index is 357. The Hall–Kier alpha value is -0.970. The van der Waals surface area contributed by atoms with Crippen molar-refractivity contribution in [1.82, 2.24) is 4.90 Å². The van der Waals surface area contributed by atoms with Crippen LogP contribution in [0.15, 0.2) is 24.3 Å². The second kappa shape index (κ2) is 7.46. The highest BCUT2D eigenvalue weighted by Crippen LogP contribution is 2.06. The van der Waals surface area contributed by atoms with Crippen LogP contribution < -0.4 is 0 Å². The molecule has 1 atom stereocenters. The molecule has 0 aliphatic heterocycles. The van der Waals surface area contributed by atoms with Crippen LogP contribution in [-0.4, -0.2) is 42.4 Å². The van der Waals surface area contributed by atoms with Crippen molar-refractivity contribution in [2.45, 2.75) is 32.6 Å². The maximum Gasteiger partial charge on any atom is 0.123 e. The molecule has 1 N–H and O–H groups in total. The summed E-state index contributed by atoms with van der Waals surface area (Å²) in [6.45, 7) is 5.30. The third-order valence-electron chi connectivity index (χ3n) is 2.49. The fraction of sp³-hybridized carbons (Fsp3) is 0.571. The highest BCUT2D eigenvalue weighted by Gasteiger charge is 2.10. The molecule has 0 heterocycles. The molecule has 0 aliphatic rings. The third-order valence-corrected chi connectivity index (χ3v) is 2.49. The van der Waals surface area contributed by atoms with Gasteiger partial charge in [0.1, 0.15) is 5.82 Å². The molecule has 1 aromatic rings. The average Bonchev–Trinajstić information content (AvgIpc) is 2.26. The zero-order chi connectivity index (χ0) is 13.5. The van der Waals surface area contributed by atoms with Crippen molar-refractivity contribution < 1.29 is 14.2 Å². The van der Waals surface area contributed by atoms with Gasteiger partial charge in [0.25, 0.3) is 0 Å². The maximum atomic E-state index is 13.0. The van der Waals surface area contributed by atoms with Gasteiger partial charge in [-0.1, -0.05) is 12.1 Å². The van der Waals surface area contributed by atoms with E-state index in [1.807, 2.05) is 31.9 Å². The summed E-state index contributed by atoms with van der Waals surface area (Å²) in [6, 6.07) is 6.50. The molecule has 0 saturated carbocycles. The molecule has 4 heteroatoms. The molecule has 0 unspecified atom stereocenters. The number of benzene rings is 1. The summed E-state index contributed by atoms with van der Waals surface area (Å²) < 4.78 is 18.3. The Balaban J connectivity index is 2.34. The van der Waals surface area contributed by atoms with Gasteiger partial charge in [0.05, 0.1) is 18.8 Å². The summed E-state index contributed by atoms with van der Waals surface area (Å²) in [4.78, 5) is 1.95. The van der Waals surface area contributed by atoms with E-state index in [0.717, 1.165) is 5.56 Å². The van der Waals surface area contributed by atoms with Gasteiger partial charge in [-0.15, -0.1) is 0 Å². The van der Waals surface area contributed by atoms with Gasteiger partial charge < -0.3 is 9.84 Å². The molecule has 1 rings (SSSR count). The second-order valence-electron chi connectivity index (χ2n) is 4.86. The Morgan fingerprint density at radius 1 is 1.39 bits per heavy atom. The molecule has 0 bridgehead atoms. The van der Waals surface area contributed by atoms with Gasteiger partial charge in [-0.3, -0.25) is 4.90 Å². The van der Waals surface area contributed by atoms with Gasteiger partial charge in [-0.2, -0.15) is 0 Å². The van der Waals surface area contributed by atoms with Crippen LogP contribution >= 0.6 is 0 Å². The standard InChI is InChI=1S/C14H22FNO2/c1-11(2)18-10-14(17)9-16(3)8-12-5-4-6-13(15)7-12/h4-7,11,14,17H,8-10H2,1-3H3/t14-/m0/s1. The first-order chi connectivity index (χ1) is 8.47. The number of rotatable bonds is 7. The largest absolute Gasteiger partial charge is 0.389 e. The van der Waals surface area contributed by atoms with Crippen molar-refractivity contribution in [1.29, 1.82) is 0 Å². The van der Waals surface area contributed by atoms with Crippen LogP contribution in [0.4, 0.5) is 4.39 Å². The highest BCUT2D eigenvalue weighted by molar-refractivity contribution is 5.15. The number of aliphatic hydroxyl groups is 1. The van der Waals surface area contributed by atoms with E-state index in [1.165, 1.54) is 12.1 Å². The monoisotopic (exact) mass is 255 g/mol. The molecule has 0 aliphatic carbocycles. The minimum absolute atomic E-state index is 0.119. The predicted molar refractivity (Wildman–Crippen MR) is 69.8 cm³/mol. The number of nitrogens with zero attached hydrogens (tertiary/aromatic N) is 1. The predicted octanol–water partition coefficient (Wildman–Crippen LogP) is 2.04. The number of halogens is 1. The molecule has 0 saturated heterocycles. The maximum absolute atomic E-state index is 13.0. The van der Waals surface area contributed by atoms with E-state index in [-0.39, 0.29) is 11.9 Å². The number of aliphatic hydroxyl groups excluding tert-OH is 1.